The minimum atomic E-state index is 0.309. The van der Waals surface area contributed by atoms with E-state index in [4.69, 9.17) is 23.2 Å². The van der Waals surface area contributed by atoms with Crippen molar-refractivity contribution in [3.05, 3.63) is 51.3 Å². The quantitative estimate of drug-likeness (QED) is 0.601. The molecule has 0 unspecified atom stereocenters. The molecule has 0 aliphatic carbocycles. The van der Waals surface area contributed by atoms with Gasteiger partial charge in [0.25, 0.3) is 0 Å². The Labute approximate surface area is 134 Å². The lowest BCUT2D eigenvalue weighted by Crippen LogP contribution is -2.00. The van der Waals surface area contributed by atoms with Gasteiger partial charge >= 0.3 is 0 Å². The number of rotatable bonds is 2. The summed E-state index contributed by atoms with van der Waals surface area (Å²) in [5, 5.41) is 0.565. The first-order chi connectivity index (χ1) is 9.60. The molecule has 3 rings (SSSR count). The molecule has 0 aliphatic rings. The minimum Gasteiger partial charge on any atom is -0.280 e. The average molecular weight is 371 g/mol. The van der Waals surface area contributed by atoms with E-state index in [1.165, 1.54) is 0 Å². The molecular weight excluding hydrogens is 361 g/mol. The van der Waals surface area contributed by atoms with Crippen LogP contribution in [0.15, 0.2) is 34.9 Å². The molecule has 2 aromatic heterocycles. The second-order valence-electron chi connectivity index (χ2n) is 4.43. The van der Waals surface area contributed by atoms with E-state index in [0.29, 0.717) is 10.9 Å². The summed E-state index contributed by atoms with van der Waals surface area (Å²) < 4.78 is 3.02. The molecule has 6 heteroatoms. The molecule has 0 atom stereocenters. The fraction of sp³-hybridized carbons (Fsp3) is 0.143. The second kappa shape index (κ2) is 5.35. The van der Waals surface area contributed by atoms with Crippen molar-refractivity contribution in [2.24, 2.45) is 0 Å². The van der Waals surface area contributed by atoms with Crippen molar-refractivity contribution in [2.75, 3.05) is 0 Å². The molecule has 0 aliphatic heterocycles. The van der Waals surface area contributed by atoms with Crippen molar-refractivity contribution < 1.29 is 0 Å². The molecule has 3 aromatic rings. The van der Waals surface area contributed by atoms with Gasteiger partial charge in [-0.25, -0.2) is 9.97 Å². The van der Waals surface area contributed by atoms with Gasteiger partial charge in [-0.1, -0.05) is 27.5 Å². The Bertz CT molecular complexity index is 798. The Balaban J connectivity index is 2.30. The van der Waals surface area contributed by atoms with Crippen molar-refractivity contribution in [3.63, 3.8) is 0 Å². The van der Waals surface area contributed by atoms with Crippen LogP contribution in [-0.2, 0) is 5.88 Å². The molecule has 102 valence electrons. The molecule has 0 amide bonds. The van der Waals surface area contributed by atoms with Crippen LogP contribution in [0.2, 0.25) is 5.02 Å². The third-order valence-corrected chi connectivity index (χ3v) is 4.39. The first-order valence-corrected chi connectivity index (χ1v) is 7.66. The van der Waals surface area contributed by atoms with Crippen molar-refractivity contribution in [1.82, 2.24) is 14.5 Å². The molecule has 0 fully saturated rings. The van der Waals surface area contributed by atoms with Gasteiger partial charge in [-0.05, 0) is 36.8 Å². The minimum absolute atomic E-state index is 0.309. The predicted molar refractivity (Wildman–Crippen MR) is 85.9 cm³/mol. The Morgan fingerprint density at radius 3 is 2.80 bits per heavy atom. The van der Waals surface area contributed by atoms with Gasteiger partial charge in [-0.15, -0.1) is 11.6 Å². The first-order valence-electron chi connectivity index (χ1n) is 5.95. The molecule has 0 bridgehead atoms. The fourth-order valence-electron chi connectivity index (χ4n) is 2.12. The van der Waals surface area contributed by atoms with E-state index in [1.54, 1.807) is 12.3 Å². The highest BCUT2D eigenvalue weighted by Gasteiger charge is 2.13. The van der Waals surface area contributed by atoms with Crippen LogP contribution in [0.4, 0.5) is 0 Å². The molecule has 0 spiro atoms. The maximum Gasteiger partial charge on any atom is 0.164 e. The number of hydrogen-bond donors (Lipinski definition) is 0. The normalized spacial score (nSPS) is 11.2. The van der Waals surface area contributed by atoms with Crippen LogP contribution in [-0.4, -0.2) is 14.5 Å². The van der Waals surface area contributed by atoms with Gasteiger partial charge in [0.15, 0.2) is 5.65 Å². The van der Waals surface area contributed by atoms with Crippen LogP contribution in [0.3, 0.4) is 0 Å². The van der Waals surface area contributed by atoms with Crippen LogP contribution in [0, 0.1) is 6.92 Å². The van der Waals surface area contributed by atoms with Gasteiger partial charge in [-0.2, -0.15) is 0 Å². The lowest BCUT2D eigenvalue weighted by atomic mass is 10.2. The van der Waals surface area contributed by atoms with Gasteiger partial charge in [0, 0.05) is 16.4 Å². The van der Waals surface area contributed by atoms with Crippen LogP contribution in [0.25, 0.3) is 16.9 Å². The molecule has 20 heavy (non-hydrogen) atoms. The van der Waals surface area contributed by atoms with Crippen molar-refractivity contribution in [3.8, 4) is 5.69 Å². The molecule has 0 radical (unpaired) electrons. The Morgan fingerprint density at radius 1 is 1.30 bits per heavy atom. The molecule has 1 aromatic carbocycles. The monoisotopic (exact) mass is 369 g/mol. The van der Waals surface area contributed by atoms with E-state index in [-0.39, 0.29) is 0 Å². The number of imidazole rings is 1. The number of alkyl halides is 1. The highest BCUT2D eigenvalue weighted by molar-refractivity contribution is 9.10. The summed E-state index contributed by atoms with van der Waals surface area (Å²) in [7, 11) is 0. The number of fused-ring (bicyclic) bond motifs is 1. The summed E-state index contributed by atoms with van der Waals surface area (Å²) in [6.07, 6.45) is 1.62. The lowest BCUT2D eigenvalue weighted by molar-refractivity contribution is 0.967. The molecule has 0 N–H and O–H groups in total. The molecule has 3 nitrogen and oxygen atoms in total. The number of aromatic nitrogens is 3. The number of aryl methyl sites for hydroxylation is 1. The van der Waals surface area contributed by atoms with Crippen molar-refractivity contribution >= 4 is 50.3 Å². The van der Waals surface area contributed by atoms with Gasteiger partial charge in [-0.3, -0.25) is 4.57 Å². The third kappa shape index (κ3) is 2.32. The SMILES string of the molecule is Cc1cc(-n2c(CCl)nc3cc(Cl)cnc32)ccc1Br. The molecule has 2 heterocycles. The maximum atomic E-state index is 6.01. The van der Waals surface area contributed by atoms with Crippen LogP contribution in [0.5, 0.6) is 0 Å². The van der Waals surface area contributed by atoms with E-state index in [0.717, 1.165) is 32.7 Å². The highest BCUT2D eigenvalue weighted by atomic mass is 79.9. The van der Waals surface area contributed by atoms with E-state index >= 15 is 0 Å². The zero-order valence-electron chi connectivity index (χ0n) is 10.6. The van der Waals surface area contributed by atoms with Crippen LogP contribution < -0.4 is 0 Å². The van der Waals surface area contributed by atoms with Crippen LogP contribution >= 0.6 is 39.1 Å². The number of halogens is 3. The average Bonchev–Trinajstić information content (AvgIpc) is 2.79. The summed E-state index contributed by atoms with van der Waals surface area (Å²) in [6, 6.07) is 7.87. The van der Waals surface area contributed by atoms with Gasteiger partial charge < -0.3 is 0 Å². The van der Waals surface area contributed by atoms with Gasteiger partial charge in [0.05, 0.1) is 10.9 Å². The summed E-state index contributed by atoms with van der Waals surface area (Å²) in [6.45, 7) is 2.04. The summed E-state index contributed by atoms with van der Waals surface area (Å²) >= 11 is 15.5. The summed E-state index contributed by atoms with van der Waals surface area (Å²) in [5.41, 5.74) is 3.62. The van der Waals surface area contributed by atoms with Gasteiger partial charge in [0.1, 0.15) is 11.3 Å². The van der Waals surface area contributed by atoms with E-state index < -0.39 is 0 Å². The van der Waals surface area contributed by atoms with Gasteiger partial charge in [0.2, 0.25) is 0 Å². The topological polar surface area (TPSA) is 30.7 Å². The summed E-state index contributed by atoms with van der Waals surface area (Å²) in [5.74, 6) is 1.06. The van der Waals surface area contributed by atoms with Crippen LogP contribution in [0.1, 0.15) is 11.4 Å². The van der Waals surface area contributed by atoms with E-state index in [9.17, 15) is 0 Å². The largest absolute Gasteiger partial charge is 0.280 e. The number of benzene rings is 1. The zero-order chi connectivity index (χ0) is 14.3. The number of nitrogens with zero attached hydrogens (tertiary/aromatic N) is 3. The zero-order valence-corrected chi connectivity index (χ0v) is 13.7. The standard InChI is InChI=1S/C14H10BrCl2N3/c1-8-4-10(2-3-11(8)15)20-13(6-16)19-12-5-9(17)7-18-14(12)20/h2-5,7H,6H2,1H3. The molecule has 0 saturated carbocycles. The smallest absolute Gasteiger partial charge is 0.164 e. The summed E-state index contributed by atoms with van der Waals surface area (Å²) in [4.78, 5) is 8.87. The van der Waals surface area contributed by atoms with E-state index in [2.05, 4.69) is 32.0 Å². The fourth-order valence-corrected chi connectivity index (χ4v) is 2.69. The molecule has 0 saturated heterocycles. The first kappa shape index (κ1) is 13.9. The Morgan fingerprint density at radius 2 is 2.10 bits per heavy atom. The Hall–Kier alpha value is -1.10. The second-order valence-corrected chi connectivity index (χ2v) is 5.98. The molecular formula is C14H10BrCl2N3. The van der Waals surface area contributed by atoms with Crippen molar-refractivity contribution in [2.45, 2.75) is 12.8 Å². The van der Waals surface area contributed by atoms with E-state index in [1.807, 2.05) is 23.6 Å². The number of pyridine rings is 1. The lowest BCUT2D eigenvalue weighted by Gasteiger charge is -2.09. The predicted octanol–water partition coefficient (Wildman–Crippen LogP) is 4.88. The maximum absolute atomic E-state index is 6.01. The highest BCUT2D eigenvalue weighted by Crippen LogP contribution is 2.26. The van der Waals surface area contributed by atoms with Crippen molar-refractivity contribution in [1.29, 1.82) is 0 Å². The third-order valence-electron chi connectivity index (χ3n) is 3.05. The Kier molecular flexibility index (Phi) is 3.71. The number of hydrogen-bond acceptors (Lipinski definition) is 2.